The largest absolute Gasteiger partial charge is 0.496 e. The number of ketones is 1. The van der Waals surface area contributed by atoms with Gasteiger partial charge in [0.25, 0.3) is 11.8 Å². The molecule has 2 aromatic carbocycles. The number of carbonyl (C=O) groups is 4. The van der Waals surface area contributed by atoms with E-state index in [0.717, 1.165) is 0 Å². The first-order valence-corrected chi connectivity index (χ1v) is 9.34. The van der Waals surface area contributed by atoms with Gasteiger partial charge in [-0.25, -0.2) is 0 Å². The molecule has 0 aliphatic heterocycles. The van der Waals surface area contributed by atoms with Crippen molar-refractivity contribution in [3.05, 3.63) is 59.7 Å². The molecule has 2 amide bonds. The van der Waals surface area contributed by atoms with Crippen LogP contribution in [0.15, 0.2) is 48.5 Å². The van der Waals surface area contributed by atoms with E-state index in [1.54, 1.807) is 48.5 Å². The Morgan fingerprint density at radius 3 is 2.30 bits per heavy atom. The third kappa shape index (κ3) is 6.44. The summed E-state index contributed by atoms with van der Waals surface area (Å²) in [7, 11) is 1.47. The van der Waals surface area contributed by atoms with Crippen LogP contribution >= 0.6 is 0 Å². The highest BCUT2D eigenvalue weighted by Crippen LogP contribution is 2.16. The summed E-state index contributed by atoms with van der Waals surface area (Å²) >= 11 is 0. The number of anilines is 1. The van der Waals surface area contributed by atoms with Crippen LogP contribution in [0.4, 0.5) is 5.69 Å². The standard InChI is InChI=1S/C22H24N2O6/c1-14(25)16-8-10-17(11-9-16)24-21(27)15(2)30-20(26)12-13-23-22(28)18-6-4-5-7-19(18)29-3/h4-11,15H,12-13H2,1-3H3,(H,23,28)(H,24,27)/t15-/m0/s1. The number of carbonyl (C=O) groups excluding carboxylic acids is 4. The Morgan fingerprint density at radius 2 is 1.67 bits per heavy atom. The summed E-state index contributed by atoms with van der Waals surface area (Å²) in [5, 5.41) is 5.22. The number of benzene rings is 2. The molecule has 8 heteroatoms. The Morgan fingerprint density at radius 1 is 1.00 bits per heavy atom. The SMILES string of the molecule is COc1ccccc1C(=O)NCCC(=O)O[C@@H](C)C(=O)Nc1ccc(C(C)=O)cc1. The Kier molecular flexibility index (Phi) is 8.10. The van der Waals surface area contributed by atoms with Gasteiger partial charge in [-0.3, -0.25) is 19.2 Å². The number of ether oxygens (including phenoxy) is 2. The van der Waals surface area contributed by atoms with Gasteiger partial charge in [-0.2, -0.15) is 0 Å². The van der Waals surface area contributed by atoms with Crippen LogP contribution in [-0.4, -0.2) is 43.3 Å². The van der Waals surface area contributed by atoms with E-state index in [1.807, 2.05) is 0 Å². The molecule has 30 heavy (non-hydrogen) atoms. The van der Waals surface area contributed by atoms with Gasteiger partial charge < -0.3 is 20.1 Å². The molecule has 0 saturated heterocycles. The van der Waals surface area contributed by atoms with E-state index >= 15 is 0 Å². The van der Waals surface area contributed by atoms with Crippen molar-refractivity contribution in [2.45, 2.75) is 26.4 Å². The monoisotopic (exact) mass is 412 g/mol. The van der Waals surface area contributed by atoms with Crippen LogP contribution in [0, 0.1) is 0 Å². The summed E-state index contributed by atoms with van der Waals surface area (Å²) in [6, 6.07) is 13.1. The highest BCUT2D eigenvalue weighted by atomic mass is 16.5. The lowest BCUT2D eigenvalue weighted by Crippen LogP contribution is -2.32. The summed E-state index contributed by atoms with van der Waals surface area (Å²) < 4.78 is 10.2. The van der Waals surface area contributed by atoms with Gasteiger partial charge >= 0.3 is 5.97 Å². The zero-order chi connectivity index (χ0) is 22.1. The van der Waals surface area contributed by atoms with E-state index in [2.05, 4.69) is 10.6 Å². The number of rotatable bonds is 9. The lowest BCUT2D eigenvalue weighted by Gasteiger charge is -2.14. The van der Waals surface area contributed by atoms with Crippen LogP contribution in [0.3, 0.4) is 0 Å². The average molecular weight is 412 g/mol. The molecule has 0 unspecified atom stereocenters. The molecule has 0 fully saturated rings. The number of Topliss-reactive ketones (excluding diaryl/α,β-unsaturated/α-hetero) is 1. The molecule has 0 aliphatic rings. The second-order valence-corrected chi connectivity index (χ2v) is 6.46. The van der Waals surface area contributed by atoms with Crippen molar-refractivity contribution in [3.63, 3.8) is 0 Å². The molecule has 0 saturated carbocycles. The zero-order valence-corrected chi connectivity index (χ0v) is 17.1. The second-order valence-electron chi connectivity index (χ2n) is 6.46. The number of nitrogens with one attached hydrogen (secondary N) is 2. The Labute approximate surface area is 174 Å². The first-order valence-electron chi connectivity index (χ1n) is 9.34. The maximum Gasteiger partial charge on any atom is 0.308 e. The Bertz CT molecular complexity index is 923. The van der Waals surface area contributed by atoms with Gasteiger partial charge in [0.2, 0.25) is 0 Å². The maximum atomic E-state index is 12.2. The van der Waals surface area contributed by atoms with E-state index in [1.165, 1.54) is 21.0 Å². The van der Waals surface area contributed by atoms with Crippen molar-refractivity contribution in [3.8, 4) is 5.75 Å². The maximum absolute atomic E-state index is 12.2. The lowest BCUT2D eigenvalue weighted by molar-refractivity contribution is -0.153. The van der Waals surface area contributed by atoms with Gasteiger partial charge in [0.15, 0.2) is 11.9 Å². The smallest absolute Gasteiger partial charge is 0.308 e. The highest BCUT2D eigenvalue weighted by molar-refractivity contribution is 5.98. The average Bonchev–Trinajstić information content (AvgIpc) is 2.73. The van der Waals surface area contributed by atoms with E-state index in [-0.39, 0.29) is 24.7 Å². The molecule has 2 rings (SSSR count). The molecule has 2 aromatic rings. The van der Waals surface area contributed by atoms with Gasteiger partial charge in [-0.15, -0.1) is 0 Å². The summed E-state index contributed by atoms with van der Waals surface area (Å²) in [6.45, 7) is 2.95. The van der Waals surface area contributed by atoms with Crippen molar-refractivity contribution in [2.75, 3.05) is 19.0 Å². The Hall–Kier alpha value is -3.68. The third-order valence-corrected chi connectivity index (χ3v) is 4.20. The predicted octanol–water partition coefficient (Wildman–Crippen LogP) is 2.59. The molecule has 0 spiro atoms. The van der Waals surface area contributed by atoms with Crippen LogP contribution in [0.25, 0.3) is 0 Å². The van der Waals surface area contributed by atoms with Gasteiger partial charge in [-0.1, -0.05) is 12.1 Å². The van der Waals surface area contributed by atoms with Crippen LogP contribution in [-0.2, 0) is 14.3 Å². The van der Waals surface area contributed by atoms with E-state index in [0.29, 0.717) is 22.6 Å². The van der Waals surface area contributed by atoms with Crippen molar-refractivity contribution in [1.29, 1.82) is 0 Å². The molecule has 0 radical (unpaired) electrons. The molecule has 0 aromatic heterocycles. The number of amides is 2. The van der Waals surface area contributed by atoms with Crippen LogP contribution in [0.5, 0.6) is 5.75 Å². The number of para-hydroxylation sites is 1. The summed E-state index contributed by atoms with van der Waals surface area (Å²) in [5.41, 5.74) is 1.37. The van der Waals surface area contributed by atoms with E-state index in [4.69, 9.17) is 9.47 Å². The first kappa shape index (κ1) is 22.6. The van der Waals surface area contributed by atoms with Crippen LogP contribution in [0.1, 0.15) is 41.0 Å². The van der Waals surface area contributed by atoms with Gasteiger partial charge in [-0.05, 0) is 50.2 Å². The van der Waals surface area contributed by atoms with Crippen LogP contribution in [0.2, 0.25) is 0 Å². The third-order valence-electron chi connectivity index (χ3n) is 4.20. The van der Waals surface area contributed by atoms with Gasteiger partial charge in [0, 0.05) is 17.8 Å². The number of esters is 1. The minimum absolute atomic E-state index is 0.0521. The van der Waals surface area contributed by atoms with Crippen molar-refractivity contribution in [2.24, 2.45) is 0 Å². The summed E-state index contributed by atoms with van der Waals surface area (Å²) in [4.78, 5) is 47.6. The minimum Gasteiger partial charge on any atom is -0.496 e. The minimum atomic E-state index is -1.02. The van der Waals surface area contributed by atoms with Crippen molar-refractivity contribution >= 4 is 29.3 Å². The van der Waals surface area contributed by atoms with E-state index in [9.17, 15) is 19.2 Å². The first-order chi connectivity index (χ1) is 14.3. The summed E-state index contributed by atoms with van der Waals surface area (Å²) in [6.07, 6.45) is -1.11. The predicted molar refractivity (Wildman–Crippen MR) is 111 cm³/mol. The Balaban J connectivity index is 1.77. The highest BCUT2D eigenvalue weighted by Gasteiger charge is 2.18. The van der Waals surface area contributed by atoms with Crippen LogP contribution < -0.4 is 15.4 Å². The fraction of sp³-hybridized carbons (Fsp3) is 0.273. The molecule has 158 valence electrons. The molecule has 0 aliphatic carbocycles. The van der Waals surface area contributed by atoms with Gasteiger partial charge in [0.05, 0.1) is 19.1 Å². The molecule has 2 N–H and O–H groups in total. The molecular formula is C22H24N2O6. The molecule has 1 atom stereocenters. The summed E-state index contributed by atoms with van der Waals surface area (Å²) in [5.74, 6) is -1.14. The number of hydrogen-bond donors (Lipinski definition) is 2. The molecular weight excluding hydrogens is 388 g/mol. The molecule has 0 heterocycles. The topological polar surface area (TPSA) is 111 Å². The molecule has 0 bridgehead atoms. The normalized spacial score (nSPS) is 11.2. The second kappa shape index (κ2) is 10.8. The number of methoxy groups -OCH3 is 1. The molecule has 8 nitrogen and oxygen atoms in total. The lowest BCUT2D eigenvalue weighted by atomic mass is 10.1. The van der Waals surface area contributed by atoms with E-state index < -0.39 is 18.0 Å². The van der Waals surface area contributed by atoms with Gasteiger partial charge in [0.1, 0.15) is 5.75 Å². The quantitative estimate of drug-likeness (QED) is 0.484. The fourth-order valence-corrected chi connectivity index (χ4v) is 2.55. The van der Waals surface area contributed by atoms with Crippen molar-refractivity contribution < 1.29 is 28.7 Å². The number of hydrogen-bond acceptors (Lipinski definition) is 6. The fourth-order valence-electron chi connectivity index (χ4n) is 2.55. The van der Waals surface area contributed by atoms with Crippen molar-refractivity contribution in [1.82, 2.24) is 5.32 Å². The zero-order valence-electron chi connectivity index (χ0n) is 17.1.